The third-order valence-corrected chi connectivity index (χ3v) is 4.15. The number of hydrogen-bond acceptors (Lipinski definition) is 3. The van der Waals surface area contributed by atoms with Crippen molar-refractivity contribution >= 4 is 23.5 Å². The van der Waals surface area contributed by atoms with Crippen molar-refractivity contribution in [3.05, 3.63) is 28.5 Å². The predicted molar refractivity (Wildman–Crippen MR) is 79.5 cm³/mol. The maximum atomic E-state index is 12.6. The van der Waals surface area contributed by atoms with Crippen LogP contribution in [0, 0.1) is 5.41 Å². The number of nitrogens with zero attached hydrogens (tertiary/aromatic N) is 2. The molecule has 1 amide bonds. The molecule has 1 aromatic rings. The summed E-state index contributed by atoms with van der Waals surface area (Å²) >= 11 is 5.94. The Morgan fingerprint density at radius 1 is 1.48 bits per heavy atom. The van der Waals surface area contributed by atoms with Gasteiger partial charge in [0.1, 0.15) is 5.15 Å². The summed E-state index contributed by atoms with van der Waals surface area (Å²) in [4.78, 5) is 29.7. The van der Waals surface area contributed by atoms with Crippen LogP contribution in [-0.2, 0) is 11.2 Å². The van der Waals surface area contributed by atoms with Crippen LogP contribution in [0.3, 0.4) is 0 Å². The van der Waals surface area contributed by atoms with Crippen molar-refractivity contribution in [1.29, 1.82) is 0 Å². The molecule has 114 valence electrons. The predicted octanol–water partition coefficient (Wildman–Crippen LogP) is 2.62. The van der Waals surface area contributed by atoms with E-state index in [2.05, 4.69) is 4.98 Å². The normalized spacial score (nSPS) is 22.1. The molecule has 1 fully saturated rings. The molecule has 0 aromatic carbocycles. The molecule has 1 aliphatic rings. The molecule has 1 saturated heterocycles. The molecule has 0 spiro atoms. The van der Waals surface area contributed by atoms with E-state index in [1.54, 1.807) is 17.9 Å². The molecule has 1 aliphatic heterocycles. The van der Waals surface area contributed by atoms with E-state index >= 15 is 0 Å². The molecule has 1 unspecified atom stereocenters. The topological polar surface area (TPSA) is 70.5 Å². The fraction of sp³-hybridized carbons (Fsp3) is 0.533. The van der Waals surface area contributed by atoms with Gasteiger partial charge in [-0.15, -0.1) is 0 Å². The fourth-order valence-electron chi connectivity index (χ4n) is 2.63. The Hall–Kier alpha value is -1.62. The van der Waals surface area contributed by atoms with Crippen LogP contribution in [0.4, 0.5) is 0 Å². The maximum Gasteiger partial charge on any atom is 0.311 e. The Morgan fingerprint density at radius 2 is 2.19 bits per heavy atom. The van der Waals surface area contributed by atoms with Gasteiger partial charge in [-0.1, -0.05) is 18.5 Å². The van der Waals surface area contributed by atoms with Crippen molar-refractivity contribution in [3.63, 3.8) is 0 Å². The van der Waals surface area contributed by atoms with Crippen LogP contribution in [-0.4, -0.2) is 40.0 Å². The highest BCUT2D eigenvalue weighted by atomic mass is 35.5. The Kier molecular flexibility index (Phi) is 4.52. The fourth-order valence-corrected chi connectivity index (χ4v) is 2.85. The van der Waals surface area contributed by atoms with E-state index in [1.807, 2.05) is 6.92 Å². The molecule has 2 heterocycles. The van der Waals surface area contributed by atoms with Crippen LogP contribution in [0.1, 0.15) is 42.7 Å². The molecule has 5 nitrogen and oxygen atoms in total. The van der Waals surface area contributed by atoms with Gasteiger partial charge in [-0.05, 0) is 38.3 Å². The first kappa shape index (κ1) is 15.8. The number of amides is 1. The highest BCUT2D eigenvalue weighted by Crippen LogP contribution is 2.30. The van der Waals surface area contributed by atoms with Crippen LogP contribution < -0.4 is 0 Å². The van der Waals surface area contributed by atoms with Gasteiger partial charge in [0.15, 0.2) is 0 Å². The van der Waals surface area contributed by atoms with Gasteiger partial charge < -0.3 is 10.0 Å². The van der Waals surface area contributed by atoms with Crippen molar-refractivity contribution in [3.8, 4) is 0 Å². The lowest BCUT2D eigenvalue weighted by Gasteiger charge is -2.37. The minimum Gasteiger partial charge on any atom is -0.481 e. The molecule has 1 atom stereocenters. The standard InChI is InChI=1S/C15H19ClN2O3/c1-3-11-7-10(8-12(16)17-11)13(19)18-6-4-5-15(2,9-18)14(20)21/h7-8H,3-6,9H2,1-2H3,(H,20,21). The number of carbonyl (C=O) groups is 2. The van der Waals surface area contributed by atoms with Gasteiger partial charge in [0, 0.05) is 24.3 Å². The summed E-state index contributed by atoms with van der Waals surface area (Å²) in [7, 11) is 0. The molecule has 6 heteroatoms. The van der Waals surface area contributed by atoms with Gasteiger partial charge in [0.05, 0.1) is 5.41 Å². The van der Waals surface area contributed by atoms with Crippen molar-refractivity contribution in [2.45, 2.75) is 33.1 Å². The SMILES string of the molecule is CCc1cc(C(=O)N2CCCC(C)(C(=O)O)C2)cc(Cl)n1. The molecule has 0 saturated carbocycles. The zero-order valence-electron chi connectivity index (χ0n) is 12.2. The van der Waals surface area contributed by atoms with E-state index in [9.17, 15) is 14.7 Å². The average molecular weight is 311 g/mol. The molecule has 0 bridgehead atoms. The quantitative estimate of drug-likeness (QED) is 0.871. The lowest BCUT2D eigenvalue weighted by Crippen LogP contribution is -2.48. The minimum absolute atomic E-state index is 0.179. The Balaban J connectivity index is 2.24. The third kappa shape index (κ3) is 3.35. The number of likely N-dealkylation sites (tertiary alicyclic amines) is 1. The van der Waals surface area contributed by atoms with E-state index < -0.39 is 11.4 Å². The number of pyridine rings is 1. The molecule has 1 N–H and O–H groups in total. The van der Waals surface area contributed by atoms with Gasteiger partial charge in [-0.25, -0.2) is 4.98 Å². The zero-order chi connectivity index (χ0) is 15.6. The van der Waals surface area contributed by atoms with Gasteiger partial charge in [-0.2, -0.15) is 0 Å². The smallest absolute Gasteiger partial charge is 0.311 e. The Bertz CT molecular complexity index is 576. The van der Waals surface area contributed by atoms with Crippen molar-refractivity contribution in [1.82, 2.24) is 9.88 Å². The Labute approximate surface area is 128 Å². The Morgan fingerprint density at radius 3 is 2.81 bits per heavy atom. The number of aromatic nitrogens is 1. The summed E-state index contributed by atoms with van der Waals surface area (Å²) < 4.78 is 0. The van der Waals surface area contributed by atoms with Crippen LogP contribution >= 0.6 is 11.6 Å². The van der Waals surface area contributed by atoms with Gasteiger partial charge >= 0.3 is 5.97 Å². The van der Waals surface area contributed by atoms with E-state index in [-0.39, 0.29) is 17.6 Å². The lowest BCUT2D eigenvalue weighted by atomic mass is 9.82. The first-order chi connectivity index (χ1) is 9.85. The largest absolute Gasteiger partial charge is 0.481 e. The zero-order valence-corrected chi connectivity index (χ0v) is 13.0. The summed E-state index contributed by atoms with van der Waals surface area (Å²) in [6, 6.07) is 3.26. The molecule has 2 rings (SSSR count). The molecule has 21 heavy (non-hydrogen) atoms. The molecular weight excluding hydrogens is 292 g/mol. The first-order valence-electron chi connectivity index (χ1n) is 7.05. The first-order valence-corrected chi connectivity index (χ1v) is 7.42. The second-order valence-corrected chi connectivity index (χ2v) is 6.11. The van der Waals surface area contributed by atoms with Crippen LogP contribution in [0.5, 0.6) is 0 Å². The lowest BCUT2D eigenvalue weighted by molar-refractivity contribution is -0.150. The van der Waals surface area contributed by atoms with Crippen LogP contribution in [0.25, 0.3) is 0 Å². The minimum atomic E-state index is -0.877. The number of piperidine rings is 1. The molecule has 0 radical (unpaired) electrons. The van der Waals surface area contributed by atoms with Crippen molar-refractivity contribution in [2.75, 3.05) is 13.1 Å². The molecule has 0 aliphatic carbocycles. The maximum absolute atomic E-state index is 12.6. The molecular formula is C15H19ClN2O3. The number of carboxylic acids is 1. The number of aliphatic carboxylic acids is 1. The van der Waals surface area contributed by atoms with Crippen molar-refractivity contribution in [2.24, 2.45) is 5.41 Å². The summed E-state index contributed by atoms with van der Waals surface area (Å²) in [5, 5.41) is 9.61. The number of hydrogen-bond donors (Lipinski definition) is 1. The van der Waals surface area contributed by atoms with E-state index in [0.29, 0.717) is 31.4 Å². The van der Waals surface area contributed by atoms with Gasteiger partial charge in [-0.3, -0.25) is 9.59 Å². The number of rotatable bonds is 3. The molecule has 1 aromatic heterocycles. The average Bonchev–Trinajstić information content (AvgIpc) is 2.45. The number of carboxylic acid groups (broad SMARTS) is 1. The van der Waals surface area contributed by atoms with Gasteiger partial charge in [0.25, 0.3) is 5.91 Å². The summed E-state index contributed by atoms with van der Waals surface area (Å²) in [6.45, 7) is 4.42. The van der Waals surface area contributed by atoms with Crippen LogP contribution in [0.2, 0.25) is 5.15 Å². The number of halogens is 1. The second kappa shape index (κ2) is 6.02. The third-order valence-electron chi connectivity index (χ3n) is 3.96. The van der Waals surface area contributed by atoms with E-state index in [0.717, 1.165) is 5.69 Å². The van der Waals surface area contributed by atoms with Crippen LogP contribution in [0.15, 0.2) is 12.1 Å². The number of aryl methyl sites for hydroxylation is 1. The number of carbonyl (C=O) groups excluding carboxylic acids is 1. The van der Waals surface area contributed by atoms with Gasteiger partial charge in [0.2, 0.25) is 0 Å². The second-order valence-electron chi connectivity index (χ2n) is 5.72. The summed E-state index contributed by atoms with van der Waals surface area (Å²) in [5.41, 5.74) is 0.351. The highest BCUT2D eigenvalue weighted by Gasteiger charge is 2.39. The highest BCUT2D eigenvalue weighted by molar-refractivity contribution is 6.29. The monoisotopic (exact) mass is 310 g/mol. The van der Waals surface area contributed by atoms with Crippen molar-refractivity contribution < 1.29 is 14.7 Å². The van der Waals surface area contributed by atoms with E-state index in [1.165, 1.54) is 6.07 Å². The summed E-state index contributed by atoms with van der Waals surface area (Å²) in [6.07, 6.45) is 1.96. The van der Waals surface area contributed by atoms with E-state index in [4.69, 9.17) is 11.6 Å². The summed E-state index contributed by atoms with van der Waals surface area (Å²) in [5.74, 6) is -1.04.